The number of hydrogen-bond acceptors (Lipinski definition) is 4. The second kappa shape index (κ2) is 12.6. The maximum atomic E-state index is 12.6. The quantitative estimate of drug-likeness (QED) is 0.285. The van der Waals surface area contributed by atoms with Gasteiger partial charge in [-0.3, -0.25) is 4.79 Å². The first-order valence-electron chi connectivity index (χ1n) is 11.2. The molecule has 0 aromatic heterocycles. The number of hydrogen-bond donors (Lipinski definition) is 3. The largest absolute Gasteiger partial charge is 0.480 e. The van der Waals surface area contributed by atoms with Gasteiger partial charge in [0.25, 0.3) is 0 Å². The average Bonchev–Trinajstić information content (AvgIpc) is 2.86. The van der Waals surface area contributed by atoms with Gasteiger partial charge in [0.15, 0.2) is 0 Å². The minimum atomic E-state index is -3.93. The first kappa shape index (κ1) is 26.6. The lowest BCUT2D eigenvalue weighted by Gasteiger charge is -2.15. The zero-order valence-electron chi connectivity index (χ0n) is 19.0. The number of benzene rings is 3. The van der Waals surface area contributed by atoms with Gasteiger partial charge in [0.05, 0.1) is 11.4 Å². The van der Waals surface area contributed by atoms with Crippen LogP contribution < -0.4 is 10.0 Å². The average molecular weight is 559 g/mol. The second-order valence-electron chi connectivity index (χ2n) is 8.05. The molecule has 0 radical (unpaired) electrons. The second-order valence-corrected chi connectivity index (χ2v) is 10.7. The third kappa shape index (κ3) is 8.31. The number of carboxylic acid groups (broad SMARTS) is 1. The number of aryl methyl sites for hydroxylation is 1. The third-order valence-electron chi connectivity index (χ3n) is 5.45. The van der Waals surface area contributed by atoms with E-state index in [0.717, 1.165) is 28.4 Å². The molecule has 3 aromatic carbocycles. The van der Waals surface area contributed by atoms with Crippen LogP contribution in [0.4, 0.5) is 0 Å². The van der Waals surface area contributed by atoms with Crippen molar-refractivity contribution in [1.82, 2.24) is 10.0 Å². The van der Waals surface area contributed by atoms with Gasteiger partial charge in [-0.2, -0.15) is 0 Å². The summed E-state index contributed by atoms with van der Waals surface area (Å²) in [6.45, 7) is -0.551. The molecule has 0 aliphatic heterocycles. The number of carboxylic acids is 1. The number of unbranched alkanes of at least 4 members (excludes halogenated alkanes) is 1. The molecule has 7 nitrogen and oxygen atoms in total. The molecule has 0 spiro atoms. The Labute approximate surface area is 213 Å². The SMILES string of the molecule is O=C(CNS(=O)(=O)c1ccc(-c2ccc(Br)cc2)cc1)NC(CCCCc1ccccc1)C(=O)O. The Morgan fingerprint density at radius 3 is 2.06 bits per heavy atom. The lowest BCUT2D eigenvalue weighted by Crippen LogP contribution is -2.45. The fourth-order valence-corrected chi connectivity index (χ4v) is 4.78. The molecule has 0 saturated heterocycles. The van der Waals surface area contributed by atoms with Crippen molar-refractivity contribution in [2.75, 3.05) is 6.54 Å². The van der Waals surface area contributed by atoms with Crippen LogP contribution in [0.2, 0.25) is 0 Å². The van der Waals surface area contributed by atoms with Crippen molar-refractivity contribution in [2.45, 2.75) is 36.6 Å². The predicted octanol–water partition coefficient (Wildman–Crippen LogP) is 4.38. The van der Waals surface area contributed by atoms with Crippen LogP contribution in [0.25, 0.3) is 11.1 Å². The van der Waals surface area contributed by atoms with Crippen molar-refractivity contribution in [1.29, 1.82) is 0 Å². The summed E-state index contributed by atoms with van der Waals surface area (Å²) in [4.78, 5) is 23.8. The van der Waals surface area contributed by atoms with Gasteiger partial charge in [0, 0.05) is 4.47 Å². The monoisotopic (exact) mass is 558 g/mol. The normalized spacial score (nSPS) is 12.1. The van der Waals surface area contributed by atoms with Gasteiger partial charge >= 0.3 is 5.97 Å². The highest BCUT2D eigenvalue weighted by atomic mass is 79.9. The molecule has 9 heteroatoms. The highest BCUT2D eigenvalue weighted by Crippen LogP contribution is 2.23. The van der Waals surface area contributed by atoms with E-state index in [2.05, 4.69) is 26.0 Å². The van der Waals surface area contributed by atoms with E-state index in [1.165, 1.54) is 17.7 Å². The standard InChI is InChI=1S/C26H27BrN2O5S/c27-22-14-10-20(11-15-22)21-12-16-23(17-13-21)35(33,34)28-18-25(30)29-24(26(31)32)9-5-4-8-19-6-2-1-3-7-19/h1-3,6-7,10-17,24,28H,4-5,8-9,18H2,(H,29,30)(H,31,32). The number of amides is 1. The molecule has 1 amide bonds. The van der Waals surface area contributed by atoms with Crippen LogP contribution in [-0.4, -0.2) is 38.0 Å². The van der Waals surface area contributed by atoms with Crippen molar-refractivity contribution in [3.05, 3.63) is 88.9 Å². The highest BCUT2D eigenvalue weighted by Gasteiger charge is 2.21. The topological polar surface area (TPSA) is 113 Å². The van der Waals surface area contributed by atoms with Gasteiger partial charge < -0.3 is 10.4 Å². The summed E-state index contributed by atoms with van der Waals surface area (Å²) in [5, 5.41) is 11.8. The summed E-state index contributed by atoms with van der Waals surface area (Å²) in [6.07, 6.45) is 2.48. The summed E-state index contributed by atoms with van der Waals surface area (Å²) in [5.41, 5.74) is 2.96. The smallest absolute Gasteiger partial charge is 0.326 e. The number of aliphatic carboxylic acids is 1. The maximum Gasteiger partial charge on any atom is 0.326 e. The number of halogens is 1. The van der Waals surface area contributed by atoms with Gasteiger partial charge in [-0.15, -0.1) is 0 Å². The molecule has 3 aromatic rings. The highest BCUT2D eigenvalue weighted by molar-refractivity contribution is 9.10. The summed E-state index contributed by atoms with van der Waals surface area (Å²) >= 11 is 3.38. The van der Waals surface area contributed by atoms with Gasteiger partial charge in [-0.05, 0) is 60.2 Å². The molecule has 0 bridgehead atoms. The minimum Gasteiger partial charge on any atom is -0.480 e. The van der Waals surface area contributed by atoms with E-state index in [-0.39, 0.29) is 11.3 Å². The first-order chi connectivity index (χ1) is 16.7. The molecular formula is C26H27BrN2O5S. The summed E-state index contributed by atoms with van der Waals surface area (Å²) < 4.78 is 28.3. The molecule has 0 aliphatic rings. The molecule has 3 rings (SSSR count). The van der Waals surface area contributed by atoms with Crippen LogP contribution >= 0.6 is 15.9 Å². The Kier molecular flexibility index (Phi) is 9.59. The van der Waals surface area contributed by atoms with E-state index >= 15 is 0 Å². The Bertz CT molecular complexity index is 1230. The van der Waals surface area contributed by atoms with Gasteiger partial charge in [-0.1, -0.05) is 76.9 Å². The Hall–Kier alpha value is -3.01. The van der Waals surface area contributed by atoms with Crippen molar-refractivity contribution in [3.63, 3.8) is 0 Å². The number of carbonyl (C=O) groups is 2. The van der Waals surface area contributed by atoms with Crippen LogP contribution in [0.15, 0.2) is 88.2 Å². The molecule has 1 unspecified atom stereocenters. The van der Waals surface area contributed by atoms with E-state index in [1.807, 2.05) is 54.6 Å². The molecule has 184 valence electrons. The summed E-state index contributed by atoms with van der Waals surface area (Å²) in [7, 11) is -3.93. The van der Waals surface area contributed by atoms with Crippen molar-refractivity contribution in [3.8, 4) is 11.1 Å². The molecule has 0 aliphatic carbocycles. The van der Waals surface area contributed by atoms with E-state index in [1.54, 1.807) is 12.1 Å². The fraction of sp³-hybridized carbons (Fsp3) is 0.231. The van der Waals surface area contributed by atoms with Crippen LogP contribution in [0.5, 0.6) is 0 Å². The molecule has 0 heterocycles. The number of carbonyl (C=O) groups excluding carboxylic acids is 1. The zero-order chi connectivity index (χ0) is 25.3. The lowest BCUT2D eigenvalue weighted by molar-refractivity contribution is -0.141. The molecule has 0 saturated carbocycles. The van der Waals surface area contributed by atoms with E-state index in [4.69, 9.17) is 0 Å². The summed E-state index contributed by atoms with van der Waals surface area (Å²) in [6, 6.07) is 22.7. The minimum absolute atomic E-state index is 0.0156. The van der Waals surface area contributed by atoms with E-state index in [9.17, 15) is 23.1 Å². The molecule has 0 fully saturated rings. The lowest BCUT2D eigenvalue weighted by atomic mass is 10.0. The van der Waals surface area contributed by atoms with E-state index < -0.39 is 34.5 Å². The zero-order valence-corrected chi connectivity index (χ0v) is 21.4. The number of rotatable bonds is 12. The number of nitrogens with one attached hydrogen (secondary N) is 2. The van der Waals surface area contributed by atoms with Crippen LogP contribution in [-0.2, 0) is 26.0 Å². The van der Waals surface area contributed by atoms with Crippen LogP contribution in [0.1, 0.15) is 24.8 Å². The molecule has 35 heavy (non-hydrogen) atoms. The number of sulfonamides is 1. The first-order valence-corrected chi connectivity index (χ1v) is 13.4. The predicted molar refractivity (Wildman–Crippen MR) is 138 cm³/mol. The van der Waals surface area contributed by atoms with Crippen LogP contribution in [0, 0.1) is 0 Å². The Balaban J connectivity index is 1.49. The molecular weight excluding hydrogens is 532 g/mol. The summed E-state index contributed by atoms with van der Waals surface area (Å²) in [5.74, 6) is -1.85. The van der Waals surface area contributed by atoms with Gasteiger partial charge in [0.1, 0.15) is 6.04 Å². The fourth-order valence-electron chi connectivity index (χ4n) is 3.54. The maximum absolute atomic E-state index is 12.6. The third-order valence-corrected chi connectivity index (χ3v) is 7.40. The van der Waals surface area contributed by atoms with Gasteiger partial charge in [-0.25, -0.2) is 17.9 Å². The Morgan fingerprint density at radius 2 is 1.46 bits per heavy atom. The Morgan fingerprint density at radius 1 is 0.857 bits per heavy atom. The molecule has 1 atom stereocenters. The molecule has 3 N–H and O–H groups in total. The van der Waals surface area contributed by atoms with Crippen molar-refractivity contribution >= 4 is 37.8 Å². The van der Waals surface area contributed by atoms with Crippen molar-refractivity contribution in [2.24, 2.45) is 0 Å². The van der Waals surface area contributed by atoms with E-state index in [0.29, 0.717) is 6.42 Å². The van der Waals surface area contributed by atoms with Crippen LogP contribution in [0.3, 0.4) is 0 Å². The van der Waals surface area contributed by atoms with Crippen molar-refractivity contribution < 1.29 is 23.1 Å². The van der Waals surface area contributed by atoms with Gasteiger partial charge in [0.2, 0.25) is 15.9 Å².